The van der Waals surface area contributed by atoms with E-state index in [4.69, 9.17) is 10.5 Å². The summed E-state index contributed by atoms with van der Waals surface area (Å²) >= 11 is 0. The van der Waals surface area contributed by atoms with Gasteiger partial charge in [0, 0.05) is 0 Å². The molecule has 4 heteroatoms. The highest BCUT2D eigenvalue weighted by molar-refractivity contribution is 5.83. The van der Waals surface area contributed by atoms with E-state index in [1.165, 1.54) is 0 Å². The summed E-state index contributed by atoms with van der Waals surface area (Å²) in [7, 11) is 0. The zero-order valence-electron chi connectivity index (χ0n) is 6.30. The van der Waals surface area contributed by atoms with Gasteiger partial charge in [0.05, 0.1) is 24.8 Å². The van der Waals surface area contributed by atoms with E-state index in [-0.39, 0.29) is 17.5 Å². The maximum atomic E-state index is 11.1. The normalized spacial score (nSPS) is 34.6. The fourth-order valence-electron chi connectivity index (χ4n) is 1.54. The van der Waals surface area contributed by atoms with Gasteiger partial charge in [-0.05, 0) is 12.8 Å². The van der Waals surface area contributed by atoms with Gasteiger partial charge < -0.3 is 15.8 Å². The van der Waals surface area contributed by atoms with Crippen molar-refractivity contribution in [3.8, 4) is 0 Å². The summed E-state index contributed by atoms with van der Waals surface area (Å²) in [6, 6.07) is -0.304. The van der Waals surface area contributed by atoms with Crippen LogP contribution in [-0.2, 0) is 9.53 Å². The number of hydrogen-bond donors (Lipinski definition) is 2. The van der Waals surface area contributed by atoms with Crippen molar-refractivity contribution in [2.75, 3.05) is 13.2 Å². The molecule has 4 nitrogen and oxygen atoms in total. The average molecular weight is 156 g/mol. The molecule has 2 aliphatic rings. The summed E-state index contributed by atoms with van der Waals surface area (Å²) in [4.78, 5) is 11.1. The van der Waals surface area contributed by atoms with E-state index < -0.39 is 0 Å². The lowest BCUT2D eigenvalue weighted by atomic mass is 9.85. The fourth-order valence-corrected chi connectivity index (χ4v) is 1.54. The second-order valence-electron chi connectivity index (χ2n) is 3.41. The SMILES string of the molecule is NC1CCC2(COC2)NC1=O. The molecule has 0 aromatic carbocycles. The number of piperidine rings is 1. The molecule has 0 saturated carbocycles. The molecule has 11 heavy (non-hydrogen) atoms. The highest BCUT2D eigenvalue weighted by Gasteiger charge is 2.43. The Kier molecular flexibility index (Phi) is 1.40. The van der Waals surface area contributed by atoms with E-state index in [0.29, 0.717) is 13.2 Å². The van der Waals surface area contributed by atoms with Gasteiger partial charge in [0.2, 0.25) is 5.91 Å². The minimum atomic E-state index is -0.304. The van der Waals surface area contributed by atoms with Crippen LogP contribution < -0.4 is 11.1 Å². The van der Waals surface area contributed by atoms with Crippen LogP contribution in [0.3, 0.4) is 0 Å². The lowest BCUT2D eigenvalue weighted by Crippen LogP contribution is -2.67. The Morgan fingerprint density at radius 3 is 2.82 bits per heavy atom. The summed E-state index contributed by atoms with van der Waals surface area (Å²) in [6.07, 6.45) is 1.75. The Balaban J connectivity index is 2.03. The summed E-state index contributed by atoms with van der Waals surface area (Å²) < 4.78 is 5.04. The Bertz CT molecular complexity index is 189. The topological polar surface area (TPSA) is 64.3 Å². The molecule has 1 spiro atoms. The van der Waals surface area contributed by atoms with Crippen molar-refractivity contribution in [2.24, 2.45) is 5.73 Å². The molecule has 1 amide bonds. The Morgan fingerprint density at radius 1 is 1.64 bits per heavy atom. The van der Waals surface area contributed by atoms with Gasteiger partial charge in [-0.25, -0.2) is 0 Å². The molecule has 0 aromatic rings. The Hall–Kier alpha value is -0.610. The van der Waals surface area contributed by atoms with Crippen LogP contribution in [0.1, 0.15) is 12.8 Å². The van der Waals surface area contributed by atoms with Gasteiger partial charge in [-0.15, -0.1) is 0 Å². The zero-order valence-corrected chi connectivity index (χ0v) is 6.30. The lowest BCUT2D eigenvalue weighted by molar-refractivity contribution is -0.140. The third-order valence-corrected chi connectivity index (χ3v) is 2.42. The van der Waals surface area contributed by atoms with E-state index in [1.807, 2.05) is 0 Å². The first-order chi connectivity index (χ1) is 5.22. The highest BCUT2D eigenvalue weighted by Crippen LogP contribution is 2.26. The maximum absolute atomic E-state index is 11.1. The number of hydrogen-bond acceptors (Lipinski definition) is 3. The number of rotatable bonds is 0. The highest BCUT2D eigenvalue weighted by atomic mass is 16.5. The summed E-state index contributed by atoms with van der Waals surface area (Å²) in [5, 5.41) is 2.89. The van der Waals surface area contributed by atoms with E-state index in [2.05, 4.69) is 5.32 Å². The van der Waals surface area contributed by atoms with Gasteiger partial charge in [-0.1, -0.05) is 0 Å². The van der Waals surface area contributed by atoms with Crippen LogP contribution in [0.4, 0.5) is 0 Å². The molecule has 2 fully saturated rings. The van der Waals surface area contributed by atoms with E-state index in [9.17, 15) is 4.79 Å². The van der Waals surface area contributed by atoms with Crippen molar-refractivity contribution < 1.29 is 9.53 Å². The molecule has 1 atom stereocenters. The maximum Gasteiger partial charge on any atom is 0.237 e. The Labute approximate surface area is 65.1 Å². The van der Waals surface area contributed by atoms with Crippen LogP contribution in [0.15, 0.2) is 0 Å². The molecular formula is C7H12N2O2. The van der Waals surface area contributed by atoms with Crippen molar-refractivity contribution in [1.29, 1.82) is 0 Å². The standard InChI is InChI=1S/C7H12N2O2/c8-5-1-2-7(3-11-4-7)9-6(5)10/h5H,1-4,8H2,(H,9,10). The number of carbonyl (C=O) groups is 1. The predicted molar refractivity (Wildman–Crippen MR) is 38.9 cm³/mol. The minimum absolute atomic E-state index is 0.0282. The predicted octanol–water partition coefficient (Wildman–Crippen LogP) is -1.01. The largest absolute Gasteiger partial charge is 0.376 e. The molecule has 1 unspecified atom stereocenters. The van der Waals surface area contributed by atoms with Gasteiger partial charge in [-0.2, -0.15) is 0 Å². The first-order valence-electron chi connectivity index (χ1n) is 3.87. The Morgan fingerprint density at radius 2 is 2.36 bits per heavy atom. The number of amides is 1. The molecule has 0 aromatic heterocycles. The lowest BCUT2D eigenvalue weighted by Gasteiger charge is -2.45. The fraction of sp³-hybridized carbons (Fsp3) is 0.857. The minimum Gasteiger partial charge on any atom is -0.376 e. The number of ether oxygens (including phenoxy) is 1. The van der Waals surface area contributed by atoms with Crippen molar-refractivity contribution in [3.05, 3.63) is 0 Å². The monoisotopic (exact) mass is 156 g/mol. The molecule has 2 rings (SSSR count). The van der Waals surface area contributed by atoms with Crippen LogP contribution in [-0.4, -0.2) is 30.7 Å². The van der Waals surface area contributed by atoms with Crippen LogP contribution in [0.25, 0.3) is 0 Å². The zero-order chi connectivity index (χ0) is 7.90. The van der Waals surface area contributed by atoms with Crippen molar-refractivity contribution in [3.63, 3.8) is 0 Å². The molecule has 0 bridgehead atoms. The van der Waals surface area contributed by atoms with Crippen LogP contribution in [0.2, 0.25) is 0 Å². The van der Waals surface area contributed by atoms with Crippen molar-refractivity contribution in [2.45, 2.75) is 24.4 Å². The summed E-state index contributed by atoms with van der Waals surface area (Å²) in [5.74, 6) is -0.0282. The third kappa shape index (κ3) is 1.02. The van der Waals surface area contributed by atoms with Crippen LogP contribution in [0, 0.1) is 0 Å². The molecule has 3 N–H and O–H groups in total. The summed E-state index contributed by atoms with van der Waals surface area (Å²) in [5.41, 5.74) is 5.48. The van der Waals surface area contributed by atoms with Crippen molar-refractivity contribution >= 4 is 5.91 Å². The molecule has 2 heterocycles. The molecule has 2 aliphatic heterocycles. The molecular weight excluding hydrogens is 144 g/mol. The van der Waals surface area contributed by atoms with Crippen LogP contribution in [0.5, 0.6) is 0 Å². The number of nitrogens with one attached hydrogen (secondary N) is 1. The molecule has 62 valence electrons. The second-order valence-corrected chi connectivity index (χ2v) is 3.41. The van der Waals surface area contributed by atoms with E-state index in [1.54, 1.807) is 0 Å². The molecule has 2 saturated heterocycles. The molecule has 0 aliphatic carbocycles. The number of nitrogens with two attached hydrogens (primary N) is 1. The first kappa shape index (κ1) is 7.06. The van der Waals surface area contributed by atoms with Gasteiger partial charge in [0.25, 0.3) is 0 Å². The quantitative estimate of drug-likeness (QED) is 0.472. The van der Waals surface area contributed by atoms with Crippen LogP contribution >= 0.6 is 0 Å². The van der Waals surface area contributed by atoms with Crippen molar-refractivity contribution in [1.82, 2.24) is 5.32 Å². The second kappa shape index (κ2) is 2.19. The van der Waals surface area contributed by atoms with E-state index in [0.717, 1.165) is 12.8 Å². The summed E-state index contributed by atoms with van der Waals surface area (Å²) in [6.45, 7) is 1.32. The smallest absolute Gasteiger partial charge is 0.237 e. The van der Waals surface area contributed by atoms with Gasteiger partial charge in [0.1, 0.15) is 0 Å². The van der Waals surface area contributed by atoms with E-state index >= 15 is 0 Å². The average Bonchev–Trinajstić information content (AvgIpc) is 1.92. The van der Waals surface area contributed by atoms with Gasteiger partial charge >= 0.3 is 0 Å². The van der Waals surface area contributed by atoms with Gasteiger partial charge in [0.15, 0.2) is 0 Å². The third-order valence-electron chi connectivity index (χ3n) is 2.42. The molecule has 0 radical (unpaired) electrons. The first-order valence-corrected chi connectivity index (χ1v) is 3.87. The van der Waals surface area contributed by atoms with Gasteiger partial charge in [-0.3, -0.25) is 4.79 Å². The number of carbonyl (C=O) groups excluding carboxylic acids is 1.